The third kappa shape index (κ3) is 2.86. The number of aromatic nitrogens is 2. The summed E-state index contributed by atoms with van der Waals surface area (Å²) in [4.78, 5) is 30.7. The van der Waals surface area contributed by atoms with Crippen LogP contribution in [0.3, 0.4) is 0 Å². The molecule has 0 unspecified atom stereocenters. The molecule has 0 radical (unpaired) electrons. The van der Waals surface area contributed by atoms with Gasteiger partial charge in [0.1, 0.15) is 5.69 Å². The van der Waals surface area contributed by atoms with E-state index in [1.165, 1.54) is 24.9 Å². The molecule has 26 heavy (non-hydrogen) atoms. The first-order chi connectivity index (χ1) is 12.6. The summed E-state index contributed by atoms with van der Waals surface area (Å²) in [6.07, 6.45) is 4.14. The number of aromatic amines is 2. The number of benzene rings is 1. The molecule has 6 nitrogen and oxygen atoms in total. The average Bonchev–Trinajstić information content (AvgIpc) is 3.00. The summed E-state index contributed by atoms with van der Waals surface area (Å²) < 4.78 is 4.93. The molecule has 2 aromatic heterocycles. The van der Waals surface area contributed by atoms with Crippen LogP contribution in [0.25, 0.3) is 10.9 Å². The number of carbonyl (C=O) groups excluding carboxylic acids is 1. The third-order valence-corrected chi connectivity index (χ3v) is 5.05. The molecule has 3 N–H and O–H groups in total. The number of H-pyrrole nitrogens is 2. The van der Waals surface area contributed by atoms with E-state index >= 15 is 0 Å². The van der Waals surface area contributed by atoms with E-state index in [0.717, 1.165) is 35.9 Å². The maximum absolute atomic E-state index is 12.6. The molecule has 4 rings (SSSR count). The van der Waals surface area contributed by atoms with Gasteiger partial charge in [0.2, 0.25) is 5.43 Å². The monoisotopic (exact) mass is 371 g/mol. The van der Waals surface area contributed by atoms with Crippen molar-refractivity contribution < 1.29 is 9.53 Å². The predicted molar refractivity (Wildman–Crippen MR) is 100 cm³/mol. The number of amides is 1. The van der Waals surface area contributed by atoms with Crippen LogP contribution in [0.5, 0.6) is 5.75 Å². The summed E-state index contributed by atoms with van der Waals surface area (Å²) >= 11 is 6.13. The first kappa shape index (κ1) is 16.7. The second-order valence-corrected chi connectivity index (χ2v) is 6.84. The predicted octanol–water partition coefficient (Wildman–Crippen LogP) is 3.33. The standard InChI is InChI=1S/C19H18ClN3O3/c1-26-17-9-21-15(8-16(17)24)19(25)23-14-4-2-3-11-12-7-10(20)5-6-13(12)22-18(11)14/h5-9,14,22H,2-4H2,1H3,(H,21,24)(H,23,25)/t14-/m1/s1. The van der Waals surface area contributed by atoms with Gasteiger partial charge in [-0.2, -0.15) is 0 Å². The second-order valence-electron chi connectivity index (χ2n) is 6.40. The van der Waals surface area contributed by atoms with Gasteiger partial charge in [-0.3, -0.25) is 9.59 Å². The van der Waals surface area contributed by atoms with Crippen LogP contribution < -0.4 is 15.5 Å². The molecule has 0 bridgehead atoms. The number of methoxy groups -OCH3 is 1. The Balaban J connectivity index is 1.64. The molecule has 0 fully saturated rings. The van der Waals surface area contributed by atoms with Gasteiger partial charge in [-0.1, -0.05) is 11.6 Å². The number of fused-ring (bicyclic) bond motifs is 3. The van der Waals surface area contributed by atoms with Crippen molar-refractivity contribution in [3.8, 4) is 5.75 Å². The lowest BCUT2D eigenvalue weighted by Crippen LogP contribution is -2.32. The van der Waals surface area contributed by atoms with E-state index < -0.39 is 0 Å². The van der Waals surface area contributed by atoms with Crippen LogP contribution in [0, 0.1) is 0 Å². The summed E-state index contributed by atoms with van der Waals surface area (Å²) in [5.41, 5.74) is 3.10. The van der Waals surface area contributed by atoms with E-state index in [-0.39, 0.29) is 28.8 Å². The van der Waals surface area contributed by atoms with Gasteiger partial charge in [0.15, 0.2) is 5.75 Å². The van der Waals surface area contributed by atoms with Gasteiger partial charge in [0, 0.05) is 33.9 Å². The molecule has 1 amide bonds. The number of aryl methyl sites for hydroxylation is 1. The molecule has 0 saturated carbocycles. The van der Waals surface area contributed by atoms with Gasteiger partial charge in [-0.15, -0.1) is 0 Å². The summed E-state index contributed by atoms with van der Waals surface area (Å²) in [6, 6.07) is 6.88. The minimum absolute atomic E-state index is 0.136. The number of hydrogen-bond donors (Lipinski definition) is 3. The van der Waals surface area contributed by atoms with Gasteiger partial charge in [-0.25, -0.2) is 0 Å². The van der Waals surface area contributed by atoms with E-state index in [2.05, 4.69) is 15.3 Å². The molecule has 0 saturated heterocycles. The Morgan fingerprint density at radius 1 is 1.35 bits per heavy atom. The lowest BCUT2D eigenvalue weighted by Gasteiger charge is -2.23. The lowest BCUT2D eigenvalue weighted by molar-refractivity contribution is 0.0926. The van der Waals surface area contributed by atoms with Crippen LogP contribution >= 0.6 is 11.6 Å². The van der Waals surface area contributed by atoms with E-state index in [1.807, 2.05) is 18.2 Å². The number of halogens is 1. The highest BCUT2D eigenvalue weighted by Gasteiger charge is 2.26. The molecule has 3 aromatic rings. The molecule has 1 aliphatic carbocycles. The smallest absolute Gasteiger partial charge is 0.268 e. The zero-order valence-electron chi connectivity index (χ0n) is 14.2. The maximum Gasteiger partial charge on any atom is 0.268 e. The molecule has 134 valence electrons. The number of ether oxygens (including phenoxy) is 1. The highest BCUT2D eigenvalue weighted by Crippen LogP contribution is 2.35. The van der Waals surface area contributed by atoms with E-state index in [0.29, 0.717) is 5.02 Å². The summed E-state index contributed by atoms with van der Waals surface area (Å²) in [5, 5.41) is 4.81. The molecule has 1 aromatic carbocycles. The first-order valence-electron chi connectivity index (χ1n) is 8.44. The van der Waals surface area contributed by atoms with Crippen LogP contribution in [0.15, 0.2) is 35.3 Å². The Kier molecular flexibility index (Phi) is 4.20. The van der Waals surface area contributed by atoms with Crippen LogP contribution in [0.4, 0.5) is 0 Å². The normalized spacial score (nSPS) is 16.3. The molecule has 7 heteroatoms. The Bertz CT molecular complexity index is 1050. The SMILES string of the molecule is COc1c[nH]c(C(=O)N[C@@H]2CCCc3c2[nH]c2ccc(Cl)cc32)cc1=O. The van der Waals surface area contributed by atoms with Gasteiger partial charge in [-0.05, 0) is 43.0 Å². The zero-order chi connectivity index (χ0) is 18.3. The Morgan fingerprint density at radius 3 is 2.96 bits per heavy atom. The van der Waals surface area contributed by atoms with E-state index in [9.17, 15) is 9.59 Å². The minimum atomic E-state index is -0.332. The number of rotatable bonds is 3. The van der Waals surface area contributed by atoms with Gasteiger partial charge < -0.3 is 20.0 Å². The molecule has 0 spiro atoms. The topological polar surface area (TPSA) is 87.0 Å². The maximum atomic E-state index is 12.6. The van der Waals surface area contributed by atoms with Crippen LogP contribution in [0.1, 0.15) is 40.6 Å². The molecular formula is C19H18ClN3O3. The number of carbonyl (C=O) groups is 1. The van der Waals surface area contributed by atoms with Crippen LogP contribution in [-0.4, -0.2) is 23.0 Å². The molecule has 1 aliphatic rings. The second kappa shape index (κ2) is 6.53. The van der Waals surface area contributed by atoms with Crippen molar-refractivity contribution in [3.63, 3.8) is 0 Å². The van der Waals surface area contributed by atoms with E-state index in [4.69, 9.17) is 16.3 Å². The molecule has 1 atom stereocenters. The fraction of sp³-hybridized carbons (Fsp3) is 0.263. The largest absolute Gasteiger partial charge is 0.491 e. The number of hydrogen-bond acceptors (Lipinski definition) is 3. The average molecular weight is 372 g/mol. The number of pyridine rings is 1. The Labute approximate surface area is 154 Å². The Morgan fingerprint density at radius 2 is 2.19 bits per heavy atom. The summed E-state index contributed by atoms with van der Waals surface area (Å²) in [6.45, 7) is 0. The fourth-order valence-corrected chi connectivity index (χ4v) is 3.74. The molecular weight excluding hydrogens is 354 g/mol. The van der Waals surface area contributed by atoms with Gasteiger partial charge >= 0.3 is 0 Å². The van der Waals surface area contributed by atoms with Crippen molar-refractivity contribution in [2.75, 3.05) is 7.11 Å². The van der Waals surface area contributed by atoms with Crippen molar-refractivity contribution in [2.45, 2.75) is 25.3 Å². The molecule has 2 heterocycles. The van der Waals surface area contributed by atoms with Gasteiger partial charge in [0.05, 0.1) is 13.2 Å². The van der Waals surface area contributed by atoms with E-state index in [1.54, 1.807) is 0 Å². The van der Waals surface area contributed by atoms with Crippen molar-refractivity contribution >= 4 is 28.4 Å². The first-order valence-corrected chi connectivity index (χ1v) is 8.82. The minimum Gasteiger partial charge on any atom is -0.491 e. The van der Waals surface area contributed by atoms with Crippen molar-refractivity contribution in [2.24, 2.45) is 0 Å². The fourth-order valence-electron chi connectivity index (χ4n) is 3.56. The third-order valence-electron chi connectivity index (χ3n) is 4.82. The van der Waals surface area contributed by atoms with Gasteiger partial charge in [0.25, 0.3) is 5.91 Å². The quantitative estimate of drug-likeness (QED) is 0.660. The highest BCUT2D eigenvalue weighted by atomic mass is 35.5. The van der Waals surface area contributed by atoms with Crippen LogP contribution in [-0.2, 0) is 6.42 Å². The lowest BCUT2D eigenvalue weighted by atomic mass is 9.91. The molecule has 0 aliphatic heterocycles. The van der Waals surface area contributed by atoms with Crippen molar-refractivity contribution in [1.29, 1.82) is 0 Å². The Hall–Kier alpha value is -2.73. The summed E-state index contributed by atoms with van der Waals surface area (Å²) in [7, 11) is 1.41. The zero-order valence-corrected chi connectivity index (χ0v) is 14.9. The summed E-state index contributed by atoms with van der Waals surface area (Å²) in [5.74, 6) is -0.145. The highest BCUT2D eigenvalue weighted by molar-refractivity contribution is 6.31. The van der Waals surface area contributed by atoms with Crippen molar-refractivity contribution in [1.82, 2.24) is 15.3 Å². The number of nitrogens with one attached hydrogen (secondary N) is 3. The van der Waals surface area contributed by atoms with Crippen molar-refractivity contribution in [3.05, 3.63) is 62.7 Å². The van der Waals surface area contributed by atoms with Crippen LogP contribution in [0.2, 0.25) is 5.02 Å².